The van der Waals surface area contributed by atoms with Gasteiger partial charge in [-0.2, -0.15) is 0 Å². The van der Waals surface area contributed by atoms with Crippen LogP contribution in [0.5, 0.6) is 5.75 Å². The molecule has 25 heavy (non-hydrogen) atoms. The van der Waals surface area contributed by atoms with Gasteiger partial charge >= 0.3 is 0 Å². The predicted molar refractivity (Wildman–Crippen MR) is 90.9 cm³/mol. The molecule has 0 saturated carbocycles. The fraction of sp³-hybridized carbons (Fsp3) is 0.176. The molecule has 0 aliphatic carbocycles. The van der Waals surface area contributed by atoms with E-state index in [1.54, 1.807) is 36.7 Å². The lowest BCUT2D eigenvalue weighted by Gasteiger charge is -2.09. The standard InChI is InChI=1S/C17H16FN5O2/c18-7-12(8-19)10-25-13-2-3-14-15(6-13)22-11-23(17(14)24)9-16-20-4-1-5-21-16/h1-7,11H,8-10,19H2/b12-7+. The summed E-state index contributed by atoms with van der Waals surface area (Å²) in [4.78, 5) is 25.0. The first-order valence-electron chi connectivity index (χ1n) is 7.57. The van der Waals surface area contributed by atoms with E-state index in [2.05, 4.69) is 15.0 Å². The second-order valence-electron chi connectivity index (χ2n) is 5.28. The number of hydrogen-bond donors (Lipinski definition) is 1. The zero-order chi connectivity index (χ0) is 17.6. The largest absolute Gasteiger partial charge is 0.489 e. The molecular weight excluding hydrogens is 325 g/mol. The Kier molecular flexibility index (Phi) is 5.10. The molecule has 1 aromatic carbocycles. The van der Waals surface area contributed by atoms with Gasteiger partial charge in [-0.25, -0.2) is 19.3 Å². The predicted octanol–water partition coefficient (Wildman–Crippen LogP) is 1.43. The number of hydrogen-bond acceptors (Lipinski definition) is 6. The molecule has 0 spiro atoms. The molecule has 3 aromatic rings. The van der Waals surface area contributed by atoms with Gasteiger partial charge in [0.2, 0.25) is 0 Å². The zero-order valence-corrected chi connectivity index (χ0v) is 13.3. The molecule has 0 amide bonds. The van der Waals surface area contributed by atoms with E-state index in [4.69, 9.17) is 10.5 Å². The van der Waals surface area contributed by atoms with Gasteiger partial charge in [0.05, 0.1) is 30.1 Å². The Hall–Kier alpha value is -3.13. The molecule has 2 aromatic heterocycles. The lowest BCUT2D eigenvalue weighted by atomic mass is 10.2. The summed E-state index contributed by atoms with van der Waals surface area (Å²) in [5.41, 5.74) is 6.02. The summed E-state index contributed by atoms with van der Waals surface area (Å²) in [7, 11) is 0. The Labute approximate surface area is 142 Å². The van der Waals surface area contributed by atoms with Gasteiger partial charge < -0.3 is 10.5 Å². The van der Waals surface area contributed by atoms with Crippen LogP contribution in [0, 0.1) is 0 Å². The molecule has 3 rings (SSSR count). The van der Waals surface area contributed by atoms with Crippen molar-refractivity contribution in [2.45, 2.75) is 6.54 Å². The maximum atomic E-state index is 12.6. The molecule has 0 aliphatic rings. The molecule has 0 radical (unpaired) electrons. The van der Waals surface area contributed by atoms with Crippen LogP contribution in [0.4, 0.5) is 4.39 Å². The maximum absolute atomic E-state index is 12.6. The van der Waals surface area contributed by atoms with Crippen molar-refractivity contribution in [1.82, 2.24) is 19.5 Å². The molecule has 0 saturated heterocycles. The Morgan fingerprint density at radius 1 is 1.28 bits per heavy atom. The third-order valence-corrected chi connectivity index (χ3v) is 3.57. The smallest absolute Gasteiger partial charge is 0.261 e. The van der Waals surface area contributed by atoms with E-state index in [0.717, 1.165) is 0 Å². The molecule has 2 N–H and O–H groups in total. The minimum Gasteiger partial charge on any atom is -0.489 e. The summed E-state index contributed by atoms with van der Waals surface area (Å²) in [5.74, 6) is 1.01. The van der Waals surface area contributed by atoms with Crippen LogP contribution in [0.15, 0.2) is 59.7 Å². The van der Waals surface area contributed by atoms with Gasteiger partial charge in [-0.1, -0.05) is 0 Å². The highest BCUT2D eigenvalue weighted by Gasteiger charge is 2.07. The van der Waals surface area contributed by atoms with Crippen LogP contribution in [0.25, 0.3) is 10.9 Å². The van der Waals surface area contributed by atoms with Crippen molar-refractivity contribution in [1.29, 1.82) is 0 Å². The van der Waals surface area contributed by atoms with Gasteiger partial charge in [0.1, 0.15) is 18.2 Å². The first-order valence-corrected chi connectivity index (χ1v) is 7.57. The van der Waals surface area contributed by atoms with E-state index < -0.39 is 0 Å². The molecule has 0 bridgehead atoms. The van der Waals surface area contributed by atoms with Crippen molar-refractivity contribution in [3.8, 4) is 5.75 Å². The minimum absolute atomic E-state index is 0.0426. The third kappa shape index (κ3) is 3.86. The van der Waals surface area contributed by atoms with Crippen LogP contribution in [-0.2, 0) is 6.54 Å². The highest BCUT2D eigenvalue weighted by molar-refractivity contribution is 5.78. The molecule has 7 nitrogen and oxygen atoms in total. The molecular formula is C17H16FN5O2. The summed E-state index contributed by atoms with van der Waals surface area (Å²) in [6.45, 7) is 0.359. The summed E-state index contributed by atoms with van der Waals surface area (Å²) >= 11 is 0. The van der Waals surface area contributed by atoms with Crippen LogP contribution in [-0.4, -0.2) is 32.7 Å². The highest BCUT2D eigenvalue weighted by atomic mass is 19.1. The normalized spacial score (nSPS) is 11.7. The molecule has 8 heteroatoms. The van der Waals surface area contributed by atoms with Crippen LogP contribution < -0.4 is 16.0 Å². The van der Waals surface area contributed by atoms with Gasteiger partial charge in [0.15, 0.2) is 0 Å². The van der Waals surface area contributed by atoms with Crippen LogP contribution in [0.1, 0.15) is 5.82 Å². The number of rotatable bonds is 6. The Balaban J connectivity index is 1.85. The highest BCUT2D eigenvalue weighted by Crippen LogP contribution is 2.17. The summed E-state index contributed by atoms with van der Waals surface area (Å²) in [6, 6.07) is 6.61. The van der Waals surface area contributed by atoms with E-state index in [1.807, 2.05) is 0 Å². The molecule has 2 heterocycles. The van der Waals surface area contributed by atoms with E-state index >= 15 is 0 Å². The fourth-order valence-corrected chi connectivity index (χ4v) is 2.22. The topological polar surface area (TPSA) is 95.9 Å². The minimum atomic E-state index is -0.199. The average molecular weight is 341 g/mol. The fourth-order valence-electron chi connectivity index (χ4n) is 2.22. The number of fused-ring (bicyclic) bond motifs is 1. The maximum Gasteiger partial charge on any atom is 0.261 e. The number of nitrogens with two attached hydrogens (primary N) is 1. The van der Waals surface area contributed by atoms with Crippen LogP contribution in [0.3, 0.4) is 0 Å². The van der Waals surface area contributed by atoms with E-state index in [-0.39, 0.29) is 25.3 Å². The second-order valence-corrected chi connectivity index (χ2v) is 5.28. The van der Waals surface area contributed by atoms with Crippen molar-refractivity contribution in [2.24, 2.45) is 5.73 Å². The first kappa shape index (κ1) is 16.7. The third-order valence-electron chi connectivity index (χ3n) is 3.57. The average Bonchev–Trinajstić information content (AvgIpc) is 2.66. The van der Waals surface area contributed by atoms with Crippen LogP contribution in [0.2, 0.25) is 0 Å². The van der Waals surface area contributed by atoms with Crippen molar-refractivity contribution in [3.63, 3.8) is 0 Å². The molecule has 0 unspecified atom stereocenters. The summed E-state index contributed by atoms with van der Waals surface area (Å²) in [6.07, 6.45) is 5.11. The van der Waals surface area contributed by atoms with Crippen LogP contribution >= 0.6 is 0 Å². The lowest BCUT2D eigenvalue weighted by Crippen LogP contribution is -2.22. The quantitative estimate of drug-likeness (QED) is 0.728. The SMILES string of the molecule is NC/C(=C\F)COc1ccc2c(=O)n(Cc3ncccn3)cnc2c1. The van der Waals surface area contributed by atoms with Crippen molar-refractivity contribution in [3.05, 3.63) is 71.1 Å². The molecule has 0 atom stereocenters. The monoisotopic (exact) mass is 341 g/mol. The van der Waals surface area contributed by atoms with Gasteiger partial charge in [-0.15, -0.1) is 0 Å². The van der Waals surface area contributed by atoms with Gasteiger partial charge in [0.25, 0.3) is 5.56 Å². The number of aromatic nitrogens is 4. The first-order chi connectivity index (χ1) is 12.2. The van der Waals surface area contributed by atoms with Crippen molar-refractivity contribution >= 4 is 10.9 Å². The second kappa shape index (κ2) is 7.63. The molecule has 0 fully saturated rings. The molecule has 0 aliphatic heterocycles. The molecule has 128 valence electrons. The number of ether oxygens (including phenoxy) is 1. The van der Waals surface area contributed by atoms with E-state index in [9.17, 15) is 9.18 Å². The number of nitrogens with zero attached hydrogens (tertiary/aromatic N) is 4. The lowest BCUT2D eigenvalue weighted by molar-refractivity contribution is 0.348. The van der Waals surface area contributed by atoms with Gasteiger partial charge in [0, 0.05) is 30.6 Å². The van der Waals surface area contributed by atoms with E-state index in [0.29, 0.717) is 34.4 Å². The Bertz CT molecular complexity index is 956. The van der Waals surface area contributed by atoms with Crippen molar-refractivity contribution < 1.29 is 9.13 Å². The van der Waals surface area contributed by atoms with Gasteiger partial charge in [-0.3, -0.25) is 9.36 Å². The number of benzene rings is 1. The summed E-state index contributed by atoms with van der Waals surface area (Å²) < 4.78 is 19.4. The summed E-state index contributed by atoms with van der Waals surface area (Å²) in [5, 5.41) is 0.450. The van der Waals surface area contributed by atoms with E-state index in [1.165, 1.54) is 10.9 Å². The van der Waals surface area contributed by atoms with Crippen molar-refractivity contribution in [2.75, 3.05) is 13.2 Å². The Morgan fingerprint density at radius 3 is 2.80 bits per heavy atom. The van der Waals surface area contributed by atoms with Gasteiger partial charge in [-0.05, 0) is 18.2 Å². The zero-order valence-electron chi connectivity index (χ0n) is 13.3. The number of halogens is 1. The Morgan fingerprint density at radius 2 is 2.08 bits per heavy atom.